The van der Waals surface area contributed by atoms with E-state index in [1.165, 1.54) is 11.8 Å². The first kappa shape index (κ1) is 22.6. The van der Waals surface area contributed by atoms with Crippen molar-refractivity contribution >= 4 is 63.2 Å². The standard InChI is InChI=1S/C22H21Cl2N5O2S/c1-12(2)10-28-20(31)15-6-5-14(23)9-18(15)29-21(28)26-27-22(29)32-11-19(30)25-17-7-4-13(3)8-16(17)24/h4-9,12H,10-11H2,1-3H3,(H,25,30). The molecule has 0 atom stereocenters. The Bertz CT molecular complexity index is 1400. The third-order valence-corrected chi connectivity index (χ3v) is 6.29. The normalized spacial score (nSPS) is 11.6. The number of rotatable bonds is 6. The van der Waals surface area contributed by atoms with Crippen molar-refractivity contribution in [1.29, 1.82) is 0 Å². The smallest absolute Gasteiger partial charge is 0.262 e. The van der Waals surface area contributed by atoms with Gasteiger partial charge in [-0.15, -0.1) is 10.2 Å². The number of nitrogens with one attached hydrogen (secondary N) is 1. The van der Waals surface area contributed by atoms with E-state index in [0.717, 1.165) is 5.56 Å². The van der Waals surface area contributed by atoms with Crippen LogP contribution in [0.25, 0.3) is 16.7 Å². The van der Waals surface area contributed by atoms with Gasteiger partial charge in [-0.2, -0.15) is 0 Å². The summed E-state index contributed by atoms with van der Waals surface area (Å²) in [5, 5.41) is 13.3. The first-order valence-corrected chi connectivity index (χ1v) is 11.7. The predicted octanol–water partition coefficient (Wildman–Crippen LogP) is 5.05. The Kier molecular flexibility index (Phi) is 6.46. The largest absolute Gasteiger partial charge is 0.324 e. The van der Waals surface area contributed by atoms with Gasteiger partial charge in [-0.3, -0.25) is 18.6 Å². The summed E-state index contributed by atoms with van der Waals surface area (Å²) in [5.41, 5.74) is 2.02. The highest BCUT2D eigenvalue weighted by molar-refractivity contribution is 7.99. The second-order valence-electron chi connectivity index (χ2n) is 7.91. The van der Waals surface area contributed by atoms with Crippen LogP contribution in [-0.4, -0.2) is 30.8 Å². The van der Waals surface area contributed by atoms with Crippen molar-refractivity contribution in [3.63, 3.8) is 0 Å². The van der Waals surface area contributed by atoms with Crippen LogP contribution in [0.4, 0.5) is 5.69 Å². The van der Waals surface area contributed by atoms with Gasteiger partial charge >= 0.3 is 0 Å². The summed E-state index contributed by atoms with van der Waals surface area (Å²) in [6.07, 6.45) is 0. The Labute approximate surface area is 198 Å². The van der Waals surface area contributed by atoms with E-state index in [2.05, 4.69) is 15.5 Å². The molecule has 166 valence electrons. The third kappa shape index (κ3) is 4.48. The summed E-state index contributed by atoms with van der Waals surface area (Å²) in [6.45, 7) is 6.48. The zero-order valence-corrected chi connectivity index (χ0v) is 20.1. The van der Waals surface area contributed by atoms with Crippen molar-refractivity contribution in [3.8, 4) is 0 Å². The number of carbonyl (C=O) groups is 1. The van der Waals surface area contributed by atoms with Gasteiger partial charge in [0.05, 0.1) is 27.4 Å². The van der Waals surface area contributed by atoms with E-state index in [-0.39, 0.29) is 23.1 Å². The number of fused-ring (bicyclic) bond motifs is 3. The lowest BCUT2D eigenvalue weighted by molar-refractivity contribution is -0.113. The van der Waals surface area contributed by atoms with Gasteiger partial charge in [0, 0.05) is 11.6 Å². The summed E-state index contributed by atoms with van der Waals surface area (Å²) in [5.74, 6) is 0.522. The number of carbonyl (C=O) groups excluding carboxylic acids is 1. The molecule has 32 heavy (non-hydrogen) atoms. The second-order valence-corrected chi connectivity index (χ2v) is 9.70. The van der Waals surface area contributed by atoms with Crippen LogP contribution in [0.3, 0.4) is 0 Å². The van der Waals surface area contributed by atoms with Crippen molar-refractivity contribution in [2.75, 3.05) is 11.1 Å². The molecule has 10 heteroatoms. The van der Waals surface area contributed by atoms with Crippen molar-refractivity contribution < 1.29 is 4.79 Å². The van der Waals surface area contributed by atoms with E-state index in [1.807, 2.05) is 26.8 Å². The van der Waals surface area contributed by atoms with E-state index in [4.69, 9.17) is 23.2 Å². The molecule has 0 bridgehead atoms. The van der Waals surface area contributed by atoms with Crippen molar-refractivity contribution in [3.05, 3.63) is 62.4 Å². The molecule has 2 aromatic carbocycles. The summed E-state index contributed by atoms with van der Waals surface area (Å²) < 4.78 is 3.39. The van der Waals surface area contributed by atoms with Crippen LogP contribution in [0.2, 0.25) is 10.0 Å². The lowest BCUT2D eigenvalue weighted by Gasteiger charge is -2.13. The summed E-state index contributed by atoms with van der Waals surface area (Å²) >= 11 is 13.6. The molecule has 0 fully saturated rings. The fourth-order valence-electron chi connectivity index (χ4n) is 3.42. The molecule has 0 unspecified atom stereocenters. The van der Waals surface area contributed by atoms with Crippen LogP contribution in [-0.2, 0) is 11.3 Å². The molecule has 0 aliphatic rings. The van der Waals surface area contributed by atoms with E-state index in [0.29, 0.717) is 44.1 Å². The molecule has 4 rings (SSSR count). The Balaban J connectivity index is 1.69. The van der Waals surface area contributed by atoms with Crippen LogP contribution in [0.5, 0.6) is 0 Å². The lowest BCUT2D eigenvalue weighted by atomic mass is 10.2. The van der Waals surface area contributed by atoms with Gasteiger partial charge in [0.1, 0.15) is 0 Å². The molecule has 0 radical (unpaired) electrons. The Morgan fingerprint density at radius 3 is 2.66 bits per heavy atom. The van der Waals surface area contributed by atoms with Crippen LogP contribution in [0.1, 0.15) is 19.4 Å². The lowest BCUT2D eigenvalue weighted by Crippen LogP contribution is -2.25. The number of benzene rings is 2. The van der Waals surface area contributed by atoms with E-state index in [1.54, 1.807) is 39.3 Å². The molecular formula is C22H21Cl2N5O2S. The van der Waals surface area contributed by atoms with Crippen LogP contribution in [0.15, 0.2) is 46.3 Å². The predicted molar refractivity (Wildman–Crippen MR) is 130 cm³/mol. The van der Waals surface area contributed by atoms with Crippen molar-refractivity contribution in [1.82, 2.24) is 19.2 Å². The molecule has 1 amide bonds. The van der Waals surface area contributed by atoms with Crippen LogP contribution < -0.4 is 10.9 Å². The Morgan fingerprint density at radius 1 is 1.16 bits per heavy atom. The number of thioether (sulfide) groups is 1. The number of anilines is 1. The maximum atomic E-state index is 13.1. The molecular weight excluding hydrogens is 469 g/mol. The van der Waals surface area contributed by atoms with Gasteiger partial charge in [0.2, 0.25) is 11.7 Å². The SMILES string of the molecule is Cc1ccc(NC(=O)CSc2nnc3n(CC(C)C)c(=O)c4ccc(Cl)cc4n23)c(Cl)c1. The molecule has 2 heterocycles. The molecule has 0 spiro atoms. The molecule has 0 saturated heterocycles. The summed E-state index contributed by atoms with van der Waals surface area (Å²) in [7, 11) is 0. The maximum absolute atomic E-state index is 13.1. The number of aromatic nitrogens is 4. The van der Waals surface area contributed by atoms with E-state index in [9.17, 15) is 9.59 Å². The van der Waals surface area contributed by atoms with Crippen LogP contribution >= 0.6 is 35.0 Å². The highest BCUT2D eigenvalue weighted by Crippen LogP contribution is 2.26. The minimum atomic E-state index is -0.227. The molecule has 0 aliphatic carbocycles. The zero-order valence-electron chi connectivity index (χ0n) is 17.7. The highest BCUT2D eigenvalue weighted by atomic mass is 35.5. The number of nitrogens with zero attached hydrogens (tertiary/aromatic N) is 4. The number of amides is 1. The van der Waals surface area contributed by atoms with Crippen molar-refractivity contribution in [2.24, 2.45) is 5.92 Å². The highest BCUT2D eigenvalue weighted by Gasteiger charge is 2.19. The monoisotopic (exact) mass is 489 g/mol. The minimum absolute atomic E-state index is 0.0936. The minimum Gasteiger partial charge on any atom is -0.324 e. The maximum Gasteiger partial charge on any atom is 0.262 e. The number of hydrogen-bond acceptors (Lipinski definition) is 5. The first-order valence-electron chi connectivity index (χ1n) is 10.0. The number of hydrogen-bond donors (Lipinski definition) is 1. The number of halogens is 2. The fourth-order valence-corrected chi connectivity index (χ4v) is 4.60. The summed E-state index contributed by atoms with van der Waals surface area (Å²) in [4.78, 5) is 25.6. The second kappa shape index (κ2) is 9.13. The topological polar surface area (TPSA) is 81.3 Å². The van der Waals surface area contributed by atoms with Gasteiger partial charge in [-0.05, 0) is 48.7 Å². The third-order valence-electron chi connectivity index (χ3n) is 4.81. The van der Waals surface area contributed by atoms with Gasteiger partial charge in [0.15, 0.2) is 5.16 Å². The quantitative estimate of drug-likeness (QED) is 0.383. The van der Waals surface area contributed by atoms with Gasteiger partial charge < -0.3 is 5.32 Å². The summed E-state index contributed by atoms with van der Waals surface area (Å²) in [6, 6.07) is 10.5. The molecule has 1 N–H and O–H groups in total. The zero-order chi connectivity index (χ0) is 23.0. The van der Waals surface area contributed by atoms with E-state index < -0.39 is 0 Å². The molecule has 7 nitrogen and oxygen atoms in total. The molecule has 0 aliphatic heterocycles. The van der Waals surface area contributed by atoms with Gasteiger partial charge in [-0.25, -0.2) is 0 Å². The van der Waals surface area contributed by atoms with Crippen LogP contribution in [0, 0.1) is 12.8 Å². The van der Waals surface area contributed by atoms with Crippen molar-refractivity contribution in [2.45, 2.75) is 32.5 Å². The van der Waals surface area contributed by atoms with Gasteiger partial charge in [-0.1, -0.05) is 54.9 Å². The average molecular weight is 490 g/mol. The number of aryl methyl sites for hydroxylation is 1. The Hall–Kier alpha value is -2.55. The van der Waals surface area contributed by atoms with Gasteiger partial charge in [0.25, 0.3) is 5.56 Å². The first-order chi connectivity index (χ1) is 15.2. The van der Waals surface area contributed by atoms with E-state index >= 15 is 0 Å². The fraction of sp³-hybridized carbons (Fsp3) is 0.273. The molecule has 0 saturated carbocycles. The molecule has 2 aromatic heterocycles. The molecule has 4 aromatic rings. The Morgan fingerprint density at radius 2 is 1.94 bits per heavy atom. The average Bonchev–Trinajstić information content (AvgIpc) is 3.15.